The van der Waals surface area contributed by atoms with Crippen LogP contribution < -0.4 is 10.2 Å². The first-order chi connectivity index (χ1) is 13.1. The number of aromatic nitrogens is 2. The Balaban J connectivity index is 1.56. The highest BCUT2D eigenvalue weighted by Crippen LogP contribution is 2.31. The zero-order valence-corrected chi connectivity index (χ0v) is 15.6. The minimum absolute atomic E-state index is 0.196. The lowest BCUT2D eigenvalue weighted by Crippen LogP contribution is -2.26. The van der Waals surface area contributed by atoms with Gasteiger partial charge in [-0.3, -0.25) is 4.79 Å². The van der Waals surface area contributed by atoms with Gasteiger partial charge in [-0.25, -0.2) is 9.97 Å². The first kappa shape index (κ1) is 17.2. The van der Waals surface area contributed by atoms with Crippen LogP contribution in [0, 0.1) is 13.8 Å². The zero-order chi connectivity index (χ0) is 18.8. The third-order valence-corrected chi connectivity index (χ3v) is 4.97. The summed E-state index contributed by atoms with van der Waals surface area (Å²) in [5.74, 6) is 0.434. The lowest BCUT2D eigenvalue weighted by atomic mass is 10.0. The Morgan fingerprint density at radius 2 is 1.70 bits per heavy atom. The third-order valence-electron chi connectivity index (χ3n) is 4.97. The molecule has 5 nitrogen and oxygen atoms in total. The van der Waals surface area contributed by atoms with Crippen LogP contribution in [-0.2, 0) is 6.42 Å². The fourth-order valence-electron chi connectivity index (χ4n) is 3.52. The predicted octanol–water partition coefficient (Wildman–Crippen LogP) is 4.43. The van der Waals surface area contributed by atoms with Crippen molar-refractivity contribution in [3.63, 3.8) is 0 Å². The van der Waals surface area contributed by atoms with E-state index < -0.39 is 0 Å². The first-order valence-corrected chi connectivity index (χ1v) is 9.18. The van der Waals surface area contributed by atoms with Crippen LogP contribution in [0.15, 0.2) is 54.9 Å². The summed E-state index contributed by atoms with van der Waals surface area (Å²) in [6, 6.07) is 14.3. The van der Waals surface area contributed by atoms with Crippen molar-refractivity contribution in [2.45, 2.75) is 26.7 Å². The molecule has 4 rings (SSSR count). The number of rotatable bonds is 3. The number of amides is 1. The molecule has 3 aromatic rings. The maximum absolute atomic E-state index is 12.6. The van der Waals surface area contributed by atoms with Gasteiger partial charge in [-0.15, -0.1) is 0 Å². The molecule has 0 atom stereocenters. The van der Waals surface area contributed by atoms with Crippen molar-refractivity contribution < 1.29 is 4.79 Å². The van der Waals surface area contributed by atoms with E-state index in [4.69, 9.17) is 0 Å². The van der Waals surface area contributed by atoms with Crippen molar-refractivity contribution in [3.05, 3.63) is 77.1 Å². The van der Waals surface area contributed by atoms with Crippen LogP contribution in [0.3, 0.4) is 0 Å². The first-order valence-electron chi connectivity index (χ1n) is 9.18. The highest BCUT2D eigenvalue weighted by Gasteiger charge is 2.20. The number of hydrogen-bond acceptors (Lipinski definition) is 4. The van der Waals surface area contributed by atoms with Gasteiger partial charge in [-0.2, -0.15) is 0 Å². The Hall–Kier alpha value is -3.21. The van der Waals surface area contributed by atoms with E-state index in [0.29, 0.717) is 11.5 Å². The van der Waals surface area contributed by atoms with E-state index in [1.54, 1.807) is 12.4 Å². The van der Waals surface area contributed by atoms with Gasteiger partial charge in [-0.05, 0) is 49.4 Å². The number of carbonyl (C=O) groups excluding carboxylic acids is 1. The summed E-state index contributed by atoms with van der Waals surface area (Å²) in [7, 11) is 0. The summed E-state index contributed by atoms with van der Waals surface area (Å²) in [6.45, 7) is 4.84. The Bertz CT molecular complexity index is 962. The maximum Gasteiger partial charge on any atom is 0.258 e. The molecule has 0 bridgehead atoms. The number of nitrogens with zero attached hydrogens (tertiary/aromatic N) is 3. The van der Waals surface area contributed by atoms with Gasteiger partial charge < -0.3 is 10.2 Å². The minimum Gasteiger partial charge on any atom is -0.321 e. The molecule has 27 heavy (non-hydrogen) atoms. The van der Waals surface area contributed by atoms with E-state index in [0.717, 1.165) is 41.9 Å². The quantitative estimate of drug-likeness (QED) is 0.752. The summed E-state index contributed by atoms with van der Waals surface area (Å²) in [5.41, 5.74) is 5.82. The van der Waals surface area contributed by atoms with E-state index in [-0.39, 0.29) is 5.91 Å². The van der Waals surface area contributed by atoms with Gasteiger partial charge in [0.2, 0.25) is 5.95 Å². The summed E-state index contributed by atoms with van der Waals surface area (Å²) in [6.07, 6.45) is 5.34. The molecule has 1 aliphatic heterocycles. The molecule has 0 radical (unpaired) electrons. The molecule has 0 spiro atoms. The minimum atomic E-state index is -0.196. The second-order valence-electron chi connectivity index (χ2n) is 6.88. The van der Waals surface area contributed by atoms with E-state index in [9.17, 15) is 4.79 Å². The summed E-state index contributed by atoms with van der Waals surface area (Å²) < 4.78 is 0. The Morgan fingerprint density at radius 3 is 2.44 bits per heavy atom. The molecule has 0 unspecified atom stereocenters. The number of hydrogen-bond donors (Lipinski definition) is 1. The van der Waals surface area contributed by atoms with E-state index >= 15 is 0 Å². The number of nitrogens with one attached hydrogen (secondary N) is 1. The van der Waals surface area contributed by atoms with Gasteiger partial charge in [0.15, 0.2) is 0 Å². The third kappa shape index (κ3) is 3.40. The summed E-state index contributed by atoms with van der Waals surface area (Å²) in [5, 5.41) is 2.98. The second kappa shape index (κ2) is 7.19. The molecule has 2 heterocycles. The molecule has 1 N–H and O–H groups in total. The van der Waals surface area contributed by atoms with Crippen LogP contribution >= 0.6 is 0 Å². The van der Waals surface area contributed by atoms with Gasteiger partial charge in [-0.1, -0.05) is 36.4 Å². The second-order valence-corrected chi connectivity index (χ2v) is 6.88. The van der Waals surface area contributed by atoms with Crippen LogP contribution in [0.25, 0.3) is 0 Å². The molecular formula is C22H22N4O. The summed E-state index contributed by atoms with van der Waals surface area (Å²) >= 11 is 0. The number of aryl methyl sites for hydroxylation is 3. The molecule has 0 saturated carbocycles. The summed E-state index contributed by atoms with van der Waals surface area (Å²) in [4.78, 5) is 23.6. The molecule has 0 aliphatic carbocycles. The molecule has 0 fully saturated rings. The van der Waals surface area contributed by atoms with Crippen LogP contribution in [0.2, 0.25) is 0 Å². The van der Waals surface area contributed by atoms with Gasteiger partial charge in [0, 0.05) is 30.3 Å². The van der Waals surface area contributed by atoms with Crippen molar-refractivity contribution in [2.75, 3.05) is 16.8 Å². The average Bonchev–Trinajstić information content (AvgIpc) is 2.70. The zero-order valence-electron chi connectivity index (χ0n) is 15.6. The van der Waals surface area contributed by atoms with Crippen molar-refractivity contribution >= 4 is 23.2 Å². The monoisotopic (exact) mass is 358 g/mol. The molecule has 5 heteroatoms. The predicted molar refractivity (Wildman–Crippen MR) is 108 cm³/mol. The number of para-hydroxylation sites is 2. The number of fused-ring (bicyclic) bond motifs is 1. The topological polar surface area (TPSA) is 58.1 Å². The van der Waals surface area contributed by atoms with Gasteiger partial charge in [0.05, 0.1) is 5.56 Å². The molecule has 2 aromatic carbocycles. The van der Waals surface area contributed by atoms with Crippen molar-refractivity contribution in [2.24, 2.45) is 0 Å². The lowest BCUT2D eigenvalue weighted by molar-refractivity contribution is 0.102. The molecule has 1 aliphatic rings. The molecule has 1 aromatic heterocycles. The largest absolute Gasteiger partial charge is 0.321 e. The van der Waals surface area contributed by atoms with Crippen molar-refractivity contribution in [1.29, 1.82) is 0 Å². The smallest absolute Gasteiger partial charge is 0.258 e. The average molecular weight is 358 g/mol. The normalized spacial score (nSPS) is 13.2. The van der Waals surface area contributed by atoms with E-state index in [1.807, 2.05) is 38.1 Å². The Labute approximate surface area is 159 Å². The van der Waals surface area contributed by atoms with Crippen LogP contribution in [-0.4, -0.2) is 22.4 Å². The maximum atomic E-state index is 12.6. The van der Waals surface area contributed by atoms with Gasteiger partial charge >= 0.3 is 0 Å². The standard InChI is InChI=1S/C22H22N4O/c1-15-7-5-8-16(2)20(15)25-21(27)18-13-23-22(24-14-18)26-12-6-10-17-9-3-4-11-19(17)26/h3-5,7-9,11,13-14H,6,10,12H2,1-2H3,(H,25,27). The molecule has 0 saturated heterocycles. The van der Waals surface area contributed by atoms with Crippen molar-refractivity contribution in [3.8, 4) is 0 Å². The molecular weight excluding hydrogens is 336 g/mol. The highest BCUT2D eigenvalue weighted by atomic mass is 16.1. The number of anilines is 3. The lowest BCUT2D eigenvalue weighted by Gasteiger charge is -2.29. The SMILES string of the molecule is Cc1cccc(C)c1NC(=O)c1cnc(N2CCCc3ccccc32)nc1. The number of benzene rings is 2. The highest BCUT2D eigenvalue weighted by molar-refractivity contribution is 6.04. The van der Waals surface area contributed by atoms with Crippen molar-refractivity contribution in [1.82, 2.24) is 9.97 Å². The fourth-order valence-corrected chi connectivity index (χ4v) is 3.52. The van der Waals surface area contributed by atoms with Crippen LogP contribution in [0.5, 0.6) is 0 Å². The van der Waals surface area contributed by atoms with Gasteiger partial charge in [0.1, 0.15) is 0 Å². The van der Waals surface area contributed by atoms with E-state index in [2.05, 4.69) is 38.4 Å². The van der Waals surface area contributed by atoms with Crippen LogP contribution in [0.4, 0.5) is 17.3 Å². The Kier molecular flexibility index (Phi) is 4.59. The molecule has 1 amide bonds. The van der Waals surface area contributed by atoms with Crippen LogP contribution in [0.1, 0.15) is 33.5 Å². The Morgan fingerprint density at radius 1 is 1.00 bits per heavy atom. The molecule has 136 valence electrons. The fraction of sp³-hybridized carbons (Fsp3) is 0.227. The van der Waals surface area contributed by atoms with Gasteiger partial charge in [0.25, 0.3) is 5.91 Å². The number of carbonyl (C=O) groups is 1. The van der Waals surface area contributed by atoms with E-state index in [1.165, 1.54) is 5.56 Å².